The molecule has 1 rings (SSSR count). The summed E-state index contributed by atoms with van der Waals surface area (Å²) in [5.74, 6) is -0.931. The van der Waals surface area contributed by atoms with E-state index in [-0.39, 0.29) is 5.54 Å². The predicted molar refractivity (Wildman–Crippen MR) is 84.8 cm³/mol. The van der Waals surface area contributed by atoms with E-state index < -0.39 is 11.5 Å². The summed E-state index contributed by atoms with van der Waals surface area (Å²) in [5, 5.41) is 15.8. The van der Waals surface area contributed by atoms with E-state index in [1.807, 2.05) is 51.1 Å². The van der Waals surface area contributed by atoms with Gasteiger partial charge in [-0.2, -0.15) is 0 Å². The third kappa shape index (κ3) is 5.17. The predicted octanol–water partition coefficient (Wildman–Crippen LogP) is 2.33. The molecule has 5 heteroatoms. The van der Waals surface area contributed by atoms with Crippen LogP contribution in [0.5, 0.6) is 0 Å². The number of rotatable bonds is 4. The van der Waals surface area contributed by atoms with Crippen LogP contribution in [-0.4, -0.2) is 27.3 Å². The van der Waals surface area contributed by atoms with Crippen LogP contribution in [0.2, 0.25) is 0 Å². The molecule has 3 N–H and O–H groups in total. The third-order valence-electron chi connectivity index (χ3n) is 2.75. The van der Waals surface area contributed by atoms with Gasteiger partial charge in [-0.15, -0.1) is 0 Å². The number of carbonyl (C=O) groups is 1. The molecule has 1 atom stereocenters. The fourth-order valence-electron chi connectivity index (χ4n) is 1.80. The van der Waals surface area contributed by atoms with Crippen molar-refractivity contribution < 1.29 is 9.90 Å². The molecule has 0 aliphatic rings. The average molecular weight is 294 g/mol. The van der Waals surface area contributed by atoms with Crippen LogP contribution in [0.3, 0.4) is 0 Å². The standard InChI is InChI=1S/C15H22N2O2S/c1-14(2,3)16-13(20)17-15(4,12(18)19)10-11-8-6-5-7-9-11/h5-9H,10H2,1-4H3,(H,18,19)(H2,16,17,20). The Bertz CT molecular complexity index is 482. The Balaban J connectivity index is 2.82. The first-order chi connectivity index (χ1) is 9.12. The second kappa shape index (κ2) is 6.22. The summed E-state index contributed by atoms with van der Waals surface area (Å²) < 4.78 is 0. The first-order valence-corrected chi connectivity index (χ1v) is 6.91. The van der Waals surface area contributed by atoms with Crippen LogP contribution in [0.15, 0.2) is 30.3 Å². The fourth-order valence-corrected chi connectivity index (χ4v) is 2.33. The van der Waals surface area contributed by atoms with Gasteiger partial charge in [0.05, 0.1) is 0 Å². The minimum atomic E-state index is -1.14. The first kappa shape index (κ1) is 16.4. The normalized spacial score (nSPS) is 14.2. The summed E-state index contributed by atoms with van der Waals surface area (Å²) in [5.41, 5.74) is -0.407. The molecule has 0 spiro atoms. The Hall–Kier alpha value is -1.62. The number of hydrogen-bond donors (Lipinski definition) is 3. The molecule has 0 saturated carbocycles. The second-order valence-electron chi connectivity index (χ2n) is 6.13. The molecule has 0 fully saturated rings. The van der Waals surface area contributed by atoms with E-state index >= 15 is 0 Å². The lowest BCUT2D eigenvalue weighted by molar-refractivity contribution is -0.143. The Morgan fingerprint density at radius 2 is 1.70 bits per heavy atom. The van der Waals surface area contributed by atoms with Gasteiger partial charge in [0, 0.05) is 12.0 Å². The topological polar surface area (TPSA) is 61.4 Å². The van der Waals surface area contributed by atoms with Gasteiger partial charge in [-0.1, -0.05) is 30.3 Å². The van der Waals surface area contributed by atoms with E-state index in [0.29, 0.717) is 11.5 Å². The lowest BCUT2D eigenvalue weighted by Gasteiger charge is -2.31. The quantitative estimate of drug-likeness (QED) is 0.744. The summed E-state index contributed by atoms with van der Waals surface area (Å²) in [6, 6.07) is 9.50. The van der Waals surface area contributed by atoms with Crippen molar-refractivity contribution in [3.05, 3.63) is 35.9 Å². The van der Waals surface area contributed by atoms with E-state index in [0.717, 1.165) is 5.56 Å². The number of nitrogens with one attached hydrogen (secondary N) is 2. The highest BCUT2D eigenvalue weighted by molar-refractivity contribution is 7.80. The van der Waals surface area contributed by atoms with Gasteiger partial charge in [-0.25, -0.2) is 4.79 Å². The summed E-state index contributed by atoms with van der Waals surface area (Å²) in [6.07, 6.45) is 0.356. The molecular formula is C15H22N2O2S. The molecule has 0 radical (unpaired) electrons. The molecular weight excluding hydrogens is 272 g/mol. The van der Waals surface area contributed by atoms with Crippen molar-refractivity contribution in [2.75, 3.05) is 0 Å². The summed E-state index contributed by atoms with van der Waals surface area (Å²) in [4.78, 5) is 11.6. The van der Waals surface area contributed by atoms with Crippen LogP contribution in [0, 0.1) is 0 Å². The molecule has 0 aliphatic carbocycles. The van der Waals surface area contributed by atoms with E-state index in [9.17, 15) is 9.90 Å². The maximum Gasteiger partial charge on any atom is 0.329 e. The number of carboxylic acids is 1. The number of hydrogen-bond acceptors (Lipinski definition) is 2. The summed E-state index contributed by atoms with van der Waals surface area (Å²) in [7, 11) is 0. The van der Waals surface area contributed by atoms with Crippen molar-refractivity contribution in [2.24, 2.45) is 0 Å². The summed E-state index contributed by atoms with van der Waals surface area (Å²) >= 11 is 5.20. The molecule has 0 heterocycles. The van der Waals surface area contributed by atoms with Crippen molar-refractivity contribution in [2.45, 2.75) is 45.2 Å². The van der Waals surface area contributed by atoms with E-state index in [1.165, 1.54) is 0 Å². The molecule has 1 unspecified atom stereocenters. The highest BCUT2D eigenvalue weighted by Crippen LogP contribution is 2.14. The molecule has 0 bridgehead atoms. The van der Waals surface area contributed by atoms with Gasteiger partial charge >= 0.3 is 5.97 Å². The maximum absolute atomic E-state index is 11.6. The van der Waals surface area contributed by atoms with Gasteiger partial charge in [-0.3, -0.25) is 0 Å². The first-order valence-electron chi connectivity index (χ1n) is 6.50. The van der Waals surface area contributed by atoms with E-state index in [4.69, 9.17) is 12.2 Å². The van der Waals surface area contributed by atoms with Crippen molar-refractivity contribution in [3.8, 4) is 0 Å². The van der Waals surface area contributed by atoms with Gasteiger partial charge in [0.15, 0.2) is 5.11 Å². The molecule has 110 valence electrons. The van der Waals surface area contributed by atoms with Crippen LogP contribution < -0.4 is 10.6 Å². The average Bonchev–Trinajstić information content (AvgIpc) is 2.26. The molecule has 1 aromatic carbocycles. The van der Waals surface area contributed by atoms with Crippen LogP contribution in [0.4, 0.5) is 0 Å². The lowest BCUT2D eigenvalue weighted by Crippen LogP contribution is -2.58. The largest absolute Gasteiger partial charge is 0.480 e. The summed E-state index contributed by atoms with van der Waals surface area (Å²) in [6.45, 7) is 7.54. The smallest absolute Gasteiger partial charge is 0.329 e. The molecule has 0 amide bonds. The third-order valence-corrected chi connectivity index (χ3v) is 2.95. The highest BCUT2D eigenvalue weighted by atomic mass is 32.1. The van der Waals surface area contributed by atoms with Crippen molar-refractivity contribution in [3.63, 3.8) is 0 Å². The number of thiocarbonyl (C=S) groups is 1. The van der Waals surface area contributed by atoms with Crippen molar-refractivity contribution >= 4 is 23.3 Å². The Kier molecular flexibility index (Phi) is 5.11. The Labute approximate surface area is 125 Å². The Morgan fingerprint density at radius 1 is 1.15 bits per heavy atom. The van der Waals surface area contributed by atoms with Crippen LogP contribution in [-0.2, 0) is 11.2 Å². The molecule has 0 aliphatic heterocycles. The van der Waals surface area contributed by atoms with Crippen molar-refractivity contribution in [1.29, 1.82) is 0 Å². The Morgan fingerprint density at radius 3 is 2.15 bits per heavy atom. The second-order valence-corrected chi connectivity index (χ2v) is 6.54. The zero-order valence-electron chi connectivity index (χ0n) is 12.4. The highest BCUT2D eigenvalue weighted by Gasteiger charge is 2.34. The fraction of sp³-hybridized carbons (Fsp3) is 0.467. The minimum Gasteiger partial charge on any atom is -0.480 e. The SMILES string of the molecule is CC(C)(C)NC(=S)NC(C)(Cc1ccccc1)C(=O)O. The monoisotopic (exact) mass is 294 g/mol. The van der Waals surface area contributed by atoms with Gasteiger partial charge in [0.2, 0.25) is 0 Å². The van der Waals surface area contributed by atoms with E-state index in [2.05, 4.69) is 10.6 Å². The van der Waals surface area contributed by atoms with E-state index in [1.54, 1.807) is 6.92 Å². The van der Waals surface area contributed by atoms with Gasteiger partial charge in [-0.05, 0) is 45.5 Å². The van der Waals surface area contributed by atoms with Crippen LogP contribution in [0.1, 0.15) is 33.3 Å². The van der Waals surface area contributed by atoms with Crippen molar-refractivity contribution in [1.82, 2.24) is 10.6 Å². The number of aliphatic carboxylic acids is 1. The van der Waals surface area contributed by atoms with Gasteiger partial charge in [0.1, 0.15) is 5.54 Å². The van der Waals surface area contributed by atoms with Crippen LogP contribution >= 0.6 is 12.2 Å². The van der Waals surface area contributed by atoms with Gasteiger partial charge < -0.3 is 15.7 Å². The molecule has 0 aromatic heterocycles. The molecule has 0 saturated heterocycles. The molecule has 1 aromatic rings. The van der Waals surface area contributed by atoms with Crippen LogP contribution in [0.25, 0.3) is 0 Å². The lowest BCUT2D eigenvalue weighted by atomic mass is 9.93. The molecule has 4 nitrogen and oxygen atoms in total. The minimum absolute atomic E-state index is 0.212. The number of benzene rings is 1. The zero-order chi connectivity index (χ0) is 15.4. The maximum atomic E-state index is 11.6. The number of carboxylic acid groups (broad SMARTS) is 1. The van der Waals surface area contributed by atoms with Gasteiger partial charge in [0.25, 0.3) is 0 Å². The molecule has 20 heavy (non-hydrogen) atoms. The zero-order valence-corrected chi connectivity index (χ0v) is 13.2.